The number of nitrogens with one attached hydrogen (secondary N) is 2. The second-order valence-electron chi connectivity index (χ2n) is 13.9. The van der Waals surface area contributed by atoms with Gasteiger partial charge in [0.1, 0.15) is 5.60 Å². The second kappa shape index (κ2) is 12.9. The Kier molecular flexibility index (Phi) is 8.84. The van der Waals surface area contributed by atoms with Gasteiger partial charge in [0, 0.05) is 55.6 Å². The van der Waals surface area contributed by atoms with Crippen molar-refractivity contribution in [3.05, 3.63) is 76.2 Å². The number of likely N-dealkylation sites (N-methyl/N-ethyl adjacent to an activating group) is 2. The molecule has 1 aliphatic heterocycles. The third-order valence-electron chi connectivity index (χ3n) is 8.86. The molecule has 0 bridgehead atoms. The Balaban J connectivity index is 1.49. The average Bonchev–Trinajstić information content (AvgIpc) is 3.00. The minimum atomic E-state index is -0.724. The van der Waals surface area contributed by atoms with E-state index < -0.39 is 17.7 Å². The fourth-order valence-corrected chi connectivity index (χ4v) is 6.09. The van der Waals surface area contributed by atoms with Gasteiger partial charge in [0.05, 0.1) is 23.1 Å². The number of hydrogen-bond donors (Lipinski definition) is 2. The fraction of sp³-hybridized carbons (Fsp3) is 0.444. The quantitative estimate of drug-likeness (QED) is 0.242. The molecular weight excluding hydrogens is 592 g/mol. The van der Waals surface area contributed by atoms with Crippen molar-refractivity contribution in [1.29, 1.82) is 0 Å². The minimum absolute atomic E-state index is 0.253. The molecular formula is C36H46N8O3. The van der Waals surface area contributed by atoms with E-state index in [9.17, 15) is 9.59 Å². The summed E-state index contributed by atoms with van der Waals surface area (Å²) in [5, 5.41) is 7.60. The zero-order valence-electron chi connectivity index (χ0n) is 28.5. The van der Waals surface area contributed by atoms with Gasteiger partial charge in [-0.2, -0.15) is 4.98 Å². The molecule has 2 aliphatic rings. The zero-order valence-corrected chi connectivity index (χ0v) is 28.5. The first-order valence-corrected chi connectivity index (χ1v) is 16.4. The number of aromatic nitrogens is 3. The Labute approximate surface area is 276 Å². The lowest BCUT2D eigenvalue weighted by molar-refractivity contribution is 0.0564. The lowest BCUT2D eigenvalue weighted by Crippen LogP contribution is -2.47. The fourth-order valence-electron chi connectivity index (χ4n) is 6.09. The molecule has 3 heterocycles. The van der Waals surface area contributed by atoms with Crippen LogP contribution in [0.15, 0.2) is 59.5 Å². The summed E-state index contributed by atoms with van der Waals surface area (Å²) in [5.41, 5.74) is 4.12. The number of pyridine rings is 1. The summed E-state index contributed by atoms with van der Waals surface area (Å²) < 4.78 is 7.59. The number of ether oxygens (including phenoxy) is 1. The van der Waals surface area contributed by atoms with Crippen LogP contribution in [0, 0.1) is 6.92 Å². The number of amides is 1. The first-order valence-electron chi connectivity index (χ1n) is 16.4. The molecule has 1 fully saturated rings. The van der Waals surface area contributed by atoms with Gasteiger partial charge in [0.15, 0.2) is 5.65 Å². The highest BCUT2D eigenvalue weighted by molar-refractivity contribution is 5.96. The van der Waals surface area contributed by atoms with Crippen molar-refractivity contribution in [2.45, 2.75) is 64.6 Å². The van der Waals surface area contributed by atoms with E-state index in [0.717, 1.165) is 42.9 Å². The molecule has 1 aliphatic carbocycles. The van der Waals surface area contributed by atoms with E-state index in [0.29, 0.717) is 46.5 Å². The number of fused-ring (bicyclic) bond motifs is 2. The number of hydrogen-bond acceptors (Lipinski definition) is 9. The van der Waals surface area contributed by atoms with E-state index in [-0.39, 0.29) is 5.56 Å². The first-order chi connectivity index (χ1) is 22.4. The molecule has 2 aromatic heterocycles. The molecule has 47 heavy (non-hydrogen) atoms. The summed E-state index contributed by atoms with van der Waals surface area (Å²) in [6.07, 6.45) is 4.59. The van der Waals surface area contributed by atoms with E-state index in [1.807, 2.05) is 76.2 Å². The zero-order chi connectivity index (χ0) is 33.5. The molecule has 6 rings (SSSR count). The molecule has 1 saturated carbocycles. The van der Waals surface area contributed by atoms with Gasteiger partial charge >= 0.3 is 6.09 Å². The standard InChI is InChI=1S/C36H46N8O3/c1-23-10-8-13-29-31(23)44(35(46)47-36(2,3)4)30(22-37-29)28-20-24-21-38-34(39-25-11-9-12-25)40-32(24)43(33(28)45)27-16-14-26(15-17-27)42(7)19-18-41(5)6/h8,10,13-17,20-21,25,30,37H,9,11-12,18-19,22H2,1-7H3,(H,38,39,40). The summed E-state index contributed by atoms with van der Waals surface area (Å²) in [5.74, 6) is 0.502. The van der Waals surface area contributed by atoms with Crippen molar-refractivity contribution >= 4 is 40.1 Å². The molecule has 0 saturated heterocycles. The Bertz CT molecular complexity index is 1830. The molecule has 248 valence electrons. The molecule has 0 radical (unpaired) electrons. The van der Waals surface area contributed by atoms with Gasteiger partial charge in [-0.25, -0.2) is 9.78 Å². The number of carbonyl (C=O) groups excluding carboxylic acids is 1. The molecule has 11 nitrogen and oxygen atoms in total. The van der Waals surface area contributed by atoms with Crippen molar-refractivity contribution in [2.24, 2.45) is 0 Å². The Morgan fingerprint density at radius 2 is 1.83 bits per heavy atom. The molecule has 0 spiro atoms. The van der Waals surface area contributed by atoms with Gasteiger partial charge in [0.2, 0.25) is 5.95 Å². The summed E-state index contributed by atoms with van der Waals surface area (Å²) in [6.45, 7) is 9.61. The number of anilines is 4. The molecule has 1 amide bonds. The molecule has 2 N–H and O–H groups in total. The summed E-state index contributed by atoms with van der Waals surface area (Å²) >= 11 is 0. The predicted molar refractivity (Wildman–Crippen MR) is 189 cm³/mol. The lowest BCUT2D eigenvalue weighted by atomic mass is 9.93. The van der Waals surface area contributed by atoms with Crippen molar-refractivity contribution in [3.63, 3.8) is 0 Å². The summed E-state index contributed by atoms with van der Waals surface area (Å²) in [7, 11) is 6.18. The normalized spacial score (nSPS) is 16.4. The SMILES string of the molecule is Cc1cccc2c1N(C(=O)OC(C)(C)C)C(c1cc3cnc(NC4CCC4)nc3n(-c3ccc(N(C)CCN(C)C)cc3)c1=O)CN2. The van der Waals surface area contributed by atoms with E-state index in [1.54, 1.807) is 15.7 Å². The highest BCUT2D eigenvalue weighted by Crippen LogP contribution is 2.41. The third-order valence-corrected chi connectivity index (χ3v) is 8.86. The topological polar surface area (TPSA) is 108 Å². The van der Waals surface area contributed by atoms with Gasteiger partial charge in [-0.15, -0.1) is 0 Å². The van der Waals surface area contributed by atoms with Crippen LogP contribution < -0.4 is 26.0 Å². The van der Waals surface area contributed by atoms with Gasteiger partial charge in [-0.3, -0.25) is 14.3 Å². The van der Waals surface area contributed by atoms with Crippen molar-refractivity contribution in [1.82, 2.24) is 19.4 Å². The molecule has 1 unspecified atom stereocenters. The molecule has 1 atom stereocenters. The number of nitrogens with zero attached hydrogens (tertiary/aromatic N) is 6. The lowest BCUT2D eigenvalue weighted by Gasteiger charge is -2.39. The monoisotopic (exact) mass is 638 g/mol. The average molecular weight is 639 g/mol. The van der Waals surface area contributed by atoms with Crippen LogP contribution in [-0.4, -0.2) is 77.9 Å². The smallest absolute Gasteiger partial charge is 0.415 e. The Morgan fingerprint density at radius 1 is 1.09 bits per heavy atom. The van der Waals surface area contributed by atoms with Crippen LogP contribution in [0.1, 0.15) is 57.2 Å². The van der Waals surface area contributed by atoms with Crippen molar-refractivity contribution in [2.75, 3.05) is 61.2 Å². The van der Waals surface area contributed by atoms with E-state index in [4.69, 9.17) is 9.72 Å². The Hall–Kier alpha value is -4.64. The molecule has 4 aromatic rings. The summed E-state index contributed by atoms with van der Waals surface area (Å²) in [4.78, 5) is 44.2. The highest BCUT2D eigenvalue weighted by Gasteiger charge is 2.38. The summed E-state index contributed by atoms with van der Waals surface area (Å²) in [6, 6.07) is 15.3. The van der Waals surface area contributed by atoms with Crippen LogP contribution in [0.25, 0.3) is 16.7 Å². The van der Waals surface area contributed by atoms with Crippen LogP contribution in [0.3, 0.4) is 0 Å². The van der Waals surface area contributed by atoms with E-state index in [2.05, 4.69) is 46.6 Å². The second-order valence-corrected chi connectivity index (χ2v) is 13.9. The van der Waals surface area contributed by atoms with Crippen LogP contribution in [0.2, 0.25) is 0 Å². The highest BCUT2D eigenvalue weighted by atomic mass is 16.6. The number of aryl methyl sites for hydroxylation is 1. The van der Waals surface area contributed by atoms with Gasteiger partial charge in [-0.05, 0) is 103 Å². The van der Waals surface area contributed by atoms with Crippen LogP contribution >= 0.6 is 0 Å². The van der Waals surface area contributed by atoms with Crippen LogP contribution in [0.5, 0.6) is 0 Å². The third kappa shape index (κ3) is 6.76. The number of benzene rings is 2. The van der Waals surface area contributed by atoms with E-state index >= 15 is 0 Å². The van der Waals surface area contributed by atoms with Crippen molar-refractivity contribution in [3.8, 4) is 5.69 Å². The van der Waals surface area contributed by atoms with Gasteiger partial charge < -0.3 is 25.2 Å². The molecule has 2 aromatic carbocycles. The first kappa shape index (κ1) is 32.3. The predicted octanol–water partition coefficient (Wildman–Crippen LogP) is 5.96. The Morgan fingerprint density at radius 3 is 2.49 bits per heavy atom. The molecule has 11 heteroatoms. The minimum Gasteiger partial charge on any atom is -0.443 e. The van der Waals surface area contributed by atoms with Crippen LogP contribution in [-0.2, 0) is 4.74 Å². The maximum atomic E-state index is 14.8. The van der Waals surface area contributed by atoms with Gasteiger partial charge in [-0.1, -0.05) is 12.1 Å². The largest absolute Gasteiger partial charge is 0.443 e. The van der Waals surface area contributed by atoms with E-state index in [1.165, 1.54) is 6.42 Å². The number of carbonyl (C=O) groups is 1. The maximum absolute atomic E-state index is 14.8. The number of para-hydroxylation sites is 1. The number of rotatable bonds is 8. The maximum Gasteiger partial charge on any atom is 0.415 e. The van der Waals surface area contributed by atoms with Crippen molar-refractivity contribution < 1.29 is 9.53 Å². The van der Waals surface area contributed by atoms with Gasteiger partial charge in [0.25, 0.3) is 5.56 Å². The van der Waals surface area contributed by atoms with Crippen LogP contribution in [0.4, 0.5) is 27.8 Å².